The van der Waals surface area contributed by atoms with Crippen LogP contribution in [-0.4, -0.2) is 63.2 Å². The van der Waals surface area contributed by atoms with E-state index in [1.807, 2.05) is 0 Å². The van der Waals surface area contributed by atoms with Crippen molar-refractivity contribution in [3.05, 3.63) is 27.2 Å². The van der Waals surface area contributed by atoms with E-state index in [4.69, 9.17) is 39.5 Å². The number of anilines is 1. The predicted molar refractivity (Wildman–Crippen MR) is 94.1 cm³/mol. The number of morpholine rings is 1. The van der Waals surface area contributed by atoms with E-state index >= 15 is 0 Å². The van der Waals surface area contributed by atoms with Crippen LogP contribution in [0.2, 0.25) is 15.1 Å². The molecule has 1 unspecified atom stereocenters. The standard InChI is InChI=1S/C15H18Cl3N3O3/c1-20(9-14(23)21-2-4-24-5-3-21)8-13(22)19-15-11(17)6-10(16)7-12(15)18/h6-7H,2-5,8-9H2,1H3,(H,19,22)/p+1. The molecule has 0 aromatic heterocycles. The van der Waals surface area contributed by atoms with Crippen LogP contribution in [0, 0.1) is 0 Å². The van der Waals surface area contributed by atoms with Gasteiger partial charge in [0, 0.05) is 18.1 Å². The van der Waals surface area contributed by atoms with Gasteiger partial charge in [-0.3, -0.25) is 9.59 Å². The van der Waals surface area contributed by atoms with Crippen LogP contribution in [0.15, 0.2) is 12.1 Å². The van der Waals surface area contributed by atoms with Gasteiger partial charge in [0.1, 0.15) is 0 Å². The number of nitrogens with zero attached hydrogens (tertiary/aromatic N) is 1. The number of hydrogen-bond donors (Lipinski definition) is 2. The van der Waals surface area contributed by atoms with Crippen LogP contribution in [0.3, 0.4) is 0 Å². The number of rotatable bonds is 5. The number of hydrogen-bond acceptors (Lipinski definition) is 3. The molecule has 1 atom stereocenters. The van der Waals surface area contributed by atoms with Crippen molar-refractivity contribution in [1.82, 2.24) is 4.90 Å². The number of benzene rings is 1. The normalized spacial score (nSPS) is 15.9. The van der Waals surface area contributed by atoms with E-state index in [0.717, 1.165) is 4.90 Å². The summed E-state index contributed by atoms with van der Waals surface area (Å²) in [5, 5.41) is 3.59. The zero-order chi connectivity index (χ0) is 17.7. The minimum Gasteiger partial charge on any atom is -0.378 e. The van der Waals surface area contributed by atoms with Crippen molar-refractivity contribution < 1.29 is 19.2 Å². The summed E-state index contributed by atoms with van der Waals surface area (Å²) in [6.07, 6.45) is 0. The highest BCUT2D eigenvalue weighted by atomic mass is 35.5. The first-order valence-electron chi connectivity index (χ1n) is 7.48. The number of halogens is 3. The molecule has 1 aliphatic rings. The minimum atomic E-state index is -0.284. The number of nitrogens with one attached hydrogen (secondary N) is 2. The molecule has 1 saturated heterocycles. The average molecular weight is 396 g/mol. The SMILES string of the molecule is C[NH+](CC(=O)Nc1c(Cl)cc(Cl)cc1Cl)CC(=O)N1CCOCC1. The lowest BCUT2D eigenvalue weighted by atomic mass is 10.3. The van der Waals surface area contributed by atoms with Crippen molar-refractivity contribution in [1.29, 1.82) is 0 Å². The molecule has 6 nitrogen and oxygen atoms in total. The molecule has 2 rings (SSSR count). The second-order valence-corrected chi connectivity index (χ2v) is 6.85. The fraction of sp³-hybridized carbons (Fsp3) is 0.467. The van der Waals surface area contributed by atoms with Crippen LogP contribution in [0.4, 0.5) is 5.69 Å². The maximum absolute atomic E-state index is 12.2. The average Bonchev–Trinajstić information content (AvgIpc) is 2.51. The molecular weight excluding hydrogens is 377 g/mol. The van der Waals surface area contributed by atoms with E-state index in [0.29, 0.717) is 37.0 Å². The molecule has 2 N–H and O–H groups in total. The number of amides is 2. The molecule has 1 aliphatic heterocycles. The van der Waals surface area contributed by atoms with Crippen LogP contribution >= 0.6 is 34.8 Å². The molecule has 132 valence electrons. The summed E-state index contributed by atoms with van der Waals surface area (Å²) >= 11 is 17.9. The first-order valence-corrected chi connectivity index (χ1v) is 8.61. The van der Waals surface area contributed by atoms with Crippen molar-refractivity contribution in [2.24, 2.45) is 0 Å². The van der Waals surface area contributed by atoms with Crippen LogP contribution in [0.5, 0.6) is 0 Å². The number of quaternary nitrogens is 1. The molecule has 1 fully saturated rings. The Morgan fingerprint density at radius 1 is 1.17 bits per heavy atom. The van der Waals surface area contributed by atoms with Crippen molar-refractivity contribution in [3.8, 4) is 0 Å². The summed E-state index contributed by atoms with van der Waals surface area (Å²) in [4.78, 5) is 26.8. The summed E-state index contributed by atoms with van der Waals surface area (Å²) in [5.41, 5.74) is 0.319. The van der Waals surface area contributed by atoms with Gasteiger partial charge in [0.15, 0.2) is 13.1 Å². The van der Waals surface area contributed by atoms with E-state index in [1.54, 1.807) is 11.9 Å². The van der Waals surface area contributed by atoms with Gasteiger partial charge in [-0.1, -0.05) is 34.8 Å². The fourth-order valence-corrected chi connectivity index (χ4v) is 3.28. The highest BCUT2D eigenvalue weighted by Crippen LogP contribution is 2.33. The largest absolute Gasteiger partial charge is 0.378 e. The maximum atomic E-state index is 12.2. The lowest BCUT2D eigenvalue weighted by Crippen LogP contribution is -3.11. The van der Waals surface area contributed by atoms with Gasteiger partial charge in [-0.15, -0.1) is 0 Å². The number of carbonyl (C=O) groups is 2. The van der Waals surface area contributed by atoms with E-state index in [2.05, 4.69) is 5.32 Å². The van der Waals surface area contributed by atoms with E-state index in [9.17, 15) is 9.59 Å². The molecule has 9 heteroatoms. The monoisotopic (exact) mass is 394 g/mol. The van der Waals surface area contributed by atoms with Gasteiger partial charge in [0.25, 0.3) is 11.8 Å². The fourth-order valence-electron chi connectivity index (χ4n) is 2.36. The zero-order valence-electron chi connectivity index (χ0n) is 13.2. The molecule has 0 saturated carbocycles. The third-order valence-corrected chi connectivity index (χ3v) is 4.36. The van der Waals surface area contributed by atoms with E-state index < -0.39 is 0 Å². The Hall–Kier alpha value is -1.05. The summed E-state index contributed by atoms with van der Waals surface area (Å²) < 4.78 is 5.22. The molecule has 0 spiro atoms. The van der Waals surface area contributed by atoms with Gasteiger partial charge in [-0.05, 0) is 12.1 Å². The topological polar surface area (TPSA) is 63.1 Å². The number of carbonyl (C=O) groups excluding carboxylic acids is 2. The Kier molecular flexibility index (Phi) is 7.13. The van der Waals surface area contributed by atoms with Gasteiger partial charge in [0.2, 0.25) is 0 Å². The summed E-state index contributed by atoms with van der Waals surface area (Å²) in [6.45, 7) is 2.64. The van der Waals surface area contributed by atoms with Crippen molar-refractivity contribution in [3.63, 3.8) is 0 Å². The Morgan fingerprint density at radius 2 is 1.75 bits per heavy atom. The molecule has 1 heterocycles. The minimum absolute atomic E-state index is 0.00570. The Bertz CT molecular complexity index is 598. The Morgan fingerprint density at radius 3 is 2.33 bits per heavy atom. The maximum Gasteiger partial charge on any atom is 0.279 e. The second kappa shape index (κ2) is 8.87. The van der Waals surface area contributed by atoms with Gasteiger partial charge in [-0.2, -0.15) is 0 Å². The third kappa shape index (κ3) is 5.50. The van der Waals surface area contributed by atoms with Crippen LogP contribution in [-0.2, 0) is 14.3 Å². The molecule has 24 heavy (non-hydrogen) atoms. The summed E-state index contributed by atoms with van der Waals surface area (Å²) in [5.74, 6) is -0.278. The first-order chi connectivity index (χ1) is 11.4. The van der Waals surface area contributed by atoms with Crippen molar-refractivity contribution in [2.45, 2.75) is 0 Å². The van der Waals surface area contributed by atoms with Gasteiger partial charge in [0.05, 0.1) is 36.0 Å². The van der Waals surface area contributed by atoms with E-state index in [-0.39, 0.29) is 34.9 Å². The zero-order valence-corrected chi connectivity index (χ0v) is 15.5. The van der Waals surface area contributed by atoms with E-state index in [1.165, 1.54) is 12.1 Å². The van der Waals surface area contributed by atoms with Crippen LogP contribution < -0.4 is 10.2 Å². The molecule has 0 aliphatic carbocycles. The van der Waals surface area contributed by atoms with Gasteiger partial charge >= 0.3 is 0 Å². The number of likely N-dealkylation sites (N-methyl/N-ethyl adjacent to an activating group) is 1. The van der Waals surface area contributed by atoms with Crippen molar-refractivity contribution in [2.75, 3.05) is 51.8 Å². The lowest BCUT2D eigenvalue weighted by Gasteiger charge is -2.27. The van der Waals surface area contributed by atoms with Gasteiger partial charge in [-0.25, -0.2) is 0 Å². The Balaban J connectivity index is 1.86. The van der Waals surface area contributed by atoms with Crippen LogP contribution in [0.25, 0.3) is 0 Å². The highest BCUT2D eigenvalue weighted by Gasteiger charge is 2.22. The smallest absolute Gasteiger partial charge is 0.279 e. The molecule has 0 bridgehead atoms. The summed E-state index contributed by atoms with van der Waals surface area (Å²) in [7, 11) is 1.78. The summed E-state index contributed by atoms with van der Waals surface area (Å²) in [6, 6.07) is 3.01. The third-order valence-electron chi connectivity index (χ3n) is 3.55. The second-order valence-electron chi connectivity index (χ2n) is 5.60. The van der Waals surface area contributed by atoms with Gasteiger partial charge < -0.3 is 19.9 Å². The number of ether oxygens (including phenoxy) is 1. The molecule has 1 aromatic rings. The molecule has 0 radical (unpaired) electrons. The molecule has 1 aromatic carbocycles. The quantitative estimate of drug-likeness (QED) is 0.780. The molecule has 2 amide bonds. The predicted octanol–water partition coefficient (Wildman–Crippen LogP) is 0.959. The first kappa shape index (κ1) is 19.3. The molecular formula is C15H19Cl3N3O3+. The van der Waals surface area contributed by atoms with Crippen molar-refractivity contribution >= 4 is 52.3 Å². The Labute approximate surface area is 155 Å². The highest BCUT2D eigenvalue weighted by molar-refractivity contribution is 6.42. The lowest BCUT2D eigenvalue weighted by molar-refractivity contribution is -0.862. The van der Waals surface area contributed by atoms with Crippen LogP contribution in [0.1, 0.15) is 0 Å².